The molecule has 184 valence electrons. The molecule has 0 aliphatic rings. The van der Waals surface area contributed by atoms with Crippen molar-refractivity contribution in [1.82, 2.24) is 9.13 Å². The molecule has 0 aliphatic heterocycles. The Balaban J connectivity index is 1.57. The van der Waals surface area contributed by atoms with Crippen molar-refractivity contribution in [3.8, 4) is 22.5 Å². The number of fused-ring (bicyclic) bond motifs is 6. The molecule has 6 aromatic carbocycles. The summed E-state index contributed by atoms with van der Waals surface area (Å²) in [5.74, 6) is 0. The predicted octanol–water partition coefficient (Wildman–Crippen LogP) is 10.2. The van der Waals surface area contributed by atoms with Crippen LogP contribution in [0.2, 0.25) is 5.02 Å². The molecule has 0 N–H and O–H groups in total. The summed E-state index contributed by atoms with van der Waals surface area (Å²) >= 11 is 6.49. The van der Waals surface area contributed by atoms with Crippen LogP contribution in [0.1, 0.15) is 0 Å². The van der Waals surface area contributed by atoms with E-state index in [1.54, 1.807) is 0 Å². The molecule has 0 amide bonds. The van der Waals surface area contributed by atoms with Gasteiger partial charge in [-0.05, 0) is 48.0 Å². The average Bonchev–Trinajstić information content (AvgIpc) is 3.50. The topological polar surface area (TPSA) is 9.86 Å². The van der Waals surface area contributed by atoms with Crippen molar-refractivity contribution in [2.75, 3.05) is 0 Å². The molecule has 0 saturated carbocycles. The zero-order valence-electron chi connectivity index (χ0n) is 21.1. The van der Waals surface area contributed by atoms with E-state index in [1.165, 1.54) is 38.3 Å². The third-order valence-corrected chi connectivity index (χ3v) is 8.01. The van der Waals surface area contributed by atoms with Gasteiger partial charge in [0.05, 0.1) is 33.4 Å². The number of hydrogen-bond acceptors (Lipinski definition) is 0. The summed E-state index contributed by atoms with van der Waals surface area (Å²) in [6.07, 6.45) is 0. The first-order chi connectivity index (χ1) is 19.3. The van der Waals surface area contributed by atoms with Gasteiger partial charge in [0.1, 0.15) is 0 Å². The molecule has 0 bridgehead atoms. The fraction of sp³-hybridized carbons (Fsp3) is 0. The van der Waals surface area contributed by atoms with Crippen LogP contribution in [-0.4, -0.2) is 9.13 Å². The van der Waals surface area contributed by atoms with Gasteiger partial charge in [0.15, 0.2) is 0 Å². The molecule has 2 heterocycles. The van der Waals surface area contributed by atoms with E-state index in [0.29, 0.717) is 0 Å². The Morgan fingerprint density at radius 1 is 0.410 bits per heavy atom. The average molecular weight is 519 g/mol. The van der Waals surface area contributed by atoms with Crippen molar-refractivity contribution in [3.63, 3.8) is 0 Å². The van der Waals surface area contributed by atoms with Crippen molar-refractivity contribution in [3.05, 3.63) is 145 Å². The summed E-state index contributed by atoms with van der Waals surface area (Å²) in [6.45, 7) is 0. The van der Waals surface area contributed by atoms with Gasteiger partial charge < -0.3 is 9.13 Å². The van der Waals surface area contributed by atoms with E-state index >= 15 is 0 Å². The Hall–Kier alpha value is -4.79. The van der Waals surface area contributed by atoms with E-state index in [2.05, 4.69) is 143 Å². The first kappa shape index (κ1) is 22.2. The third kappa shape index (κ3) is 3.29. The lowest BCUT2D eigenvalue weighted by atomic mass is 10.0. The van der Waals surface area contributed by atoms with E-state index in [1.807, 2.05) is 6.07 Å². The van der Waals surface area contributed by atoms with Gasteiger partial charge in [0, 0.05) is 32.1 Å². The van der Waals surface area contributed by atoms with Gasteiger partial charge in [-0.25, -0.2) is 0 Å². The molecule has 0 aliphatic carbocycles. The molecule has 0 saturated heterocycles. The minimum Gasteiger partial charge on any atom is -0.307 e. The highest BCUT2D eigenvalue weighted by Gasteiger charge is 2.21. The maximum Gasteiger partial charge on any atom is 0.0782 e. The lowest BCUT2D eigenvalue weighted by Gasteiger charge is -2.17. The number of benzene rings is 6. The van der Waals surface area contributed by atoms with Crippen LogP contribution in [-0.2, 0) is 0 Å². The summed E-state index contributed by atoms with van der Waals surface area (Å²) in [5.41, 5.74) is 9.36. The molecular formula is C36H23ClN2. The molecule has 0 spiro atoms. The number of halogens is 1. The Labute approximate surface area is 230 Å². The normalized spacial score (nSPS) is 11.7. The van der Waals surface area contributed by atoms with Crippen LogP contribution in [0.4, 0.5) is 0 Å². The summed E-state index contributed by atoms with van der Waals surface area (Å²) < 4.78 is 4.84. The lowest BCUT2D eigenvalue weighted by molar-refractivity contribution is 1.13. The molecule has 0 fully saturated rings. The predicted molar refractivity (Wildman–Crippen MR) is 166 cm³/mol. The van der Waals surface area contributed by atoms with Crippen LogP contribution >= 0.6 is 11.6 Å². The molecule has 2 nitrogen and oxygen atoms in total. The van der Waals surface area contributed by atoms with E-state index in [0.717, 1.165) is 32.8 Å². The molecule has 8 rings (SSSR count). The van der Waals surface area contributed by atoms with Crippen LogP contribution in [0.15, 0.2) is 140 Å². The van der Waals surface area contributed by atoms with Crippen molar-refractivity contribution in [1.29, 1.82) is 0 Å². The highest BCUT2D eigenvalue weighted by Crippen LogP contribution is 2.41. The van der Waals surface area contributed by atoms with Crippen LogP contribution in [0, 0.1) is 0 Å². The Kier molecular flexibility index (Phi) is 4.91. The fourth-order valence-corrected chi connectivity index (χ4v) is 6.34. The largest absolute Gasteiger partial charge is 0.307 e. The number of rotatable bonds is 3. The van der Waals surface area contributed by atoms with Crippen molar-refractivity contribution < 1.29 is 0 Å². The summed E-state index contributed by atoms with van der Waals surface area (Å²) in [6, 6.07) is 49.5. The maximum atomic E-state index is 6.49. The molecule has 0 atom stereocenters. The molecule has 8 aromatic rings. The number of nitrogens with zero attached hydrogens (tertiary/aromatic N) is 2. The smallest absolute Gasteiger partial charge is 0.0782 e. The van der Waals surface area contributed by atoms with Gasteiger partial charge in [-0.3, -0.25) is 0 Å². The number of para-hydroxylation sites is 4. The van der Waals surface area contributed by atoms with Crippen LogP contribution in [0.3, 0.4) is 0 Å². The second-order valence-corrected chi connectivity index (χ2v) is 10.4. The highest BCUT2D eigenvalue weighted by atomic mass is 35.5. The monoisotopic (exact) mass is 518 g/mol. The summed E-state index contributed by atoms with van der Waals surface area (Å²) in [4.78, 5) is 0. The quantitative estimate of drug-likeness (QED) is 0.220. The second kappa shape index (κ2) is 8.62. The Morgan fingerprint density at radius 3 is 1.82 bits per heavy atom. The second-order valence-electron chi connectivity index (χ2n) is 9.92. The minimum atomic E-state index is 0.745. The zero-order chi connectivity index (χ0) is 25.9. The first-order valence-corrected chi connectivity index (χ1v) is 13.5. The molecule has 0 radical (unpaired) electrons. The van der Waals surface area contributed by atoms with Gasteiger partial charge in [-0.2, -0.15) is 0 Å². The Morgan fingerprint density at radius 2 is 1.00 bits per heavy atom. The van der Waals surface area contributed by atoms with Gasteiger partial charge >= 0.3 is 0 Å². The maximum absolute atomic E-state index is 6.49. The molecular weight excluding hydrogens is 496 g/mol. The van der Waals surface area contributed by atoms with Crippen molar-refractivity contribution >= 4 is 55.2 Å². The zero-order valence-corrected chi connectivity index (χ0v) is 21.8. The number of aromatic nitrogens is 2. The molecule has 3 heteroatoms. The van der Waals surface area contributed by atoms with E-state index in [9.17, 15) is 0 Å². The van der Waals surface area contributed by atoms with Gasteiger partial charge in [0.25, 0.3) is 0 Å². The van der Waals surface area contributed by atoms with Crippen molar-refractivity contribution in [2.24, 2.45) is 0 Å². The van der Waals surface area contributed by atoms with E-state index < -0.39 is 0 Å². The first-order valence-electron chi connectivity index (χ1n) is 13.2. The van der Waals surface area contributed by atoms with Crippen LogP contribution in [0.5, 0.6) is 0 Å². The van der Waals surface area contributed by atoms with Gasteiger partial charge in [-0.15, -0.1) is 0 Å². The van der Waals surface area contributed by atoms with Crippen molar-refractivity contribution in [2.45, 2.75) is 0 Å². The molecule has 2 aromatic heterocycles. The van der Waals surface area contributed by atoms with Crippen LogP contribution in [0.25, 0.3) is 66.1 Å². The summed E-state index contributed by atoms with van der Waals surface area (Å²) in [5, 5.41) is 5.56. The highest BCUT2D eigenvalue weighted by molar-refractivity contribution is 6.32. The summed E-state index contributed by atoms with van der Waals surface area (Å²) in [7, 11) is 0. The lowest BCUT2D eigenvalue weighted by Crippen LogP contribution is -2.02. The third-order valence-electron chi connectivity index (χ3n) is 7.78. The SMILES string of the molecule is Clc1ccc2c(c1)c1ccccc1n2-c1cccc2c3ccccc3n(-c3ccccc3-c3ccccc3)c12. The van der Waals surface area contributed by atoms with Crippen LogP contribution < -0.4 is 0 Å². The van der Waals surface area contributed by atoms with Gasteiger partial charge in [-0.1, -0.05) is 109 Å². The standard InChI is InChI=1S/C36H23ClN2/c37-25-21-22-34-30(23-25)28-15-6-8-18-32(28)38(34)35-20-10-16-29-27-14-5-9-19-33(27)39(36(29)35)31-17-7-4-13-26(31)24-11-2-1-3-12-24/h1-23H. The molecule has 39 heavy (non-hydrogen) atoms. The number of hydrogen-bond donors (Lipinski definition) is 0. The minimum absolute atomic E-state index is 0.745. The fourth-order valence-electron chi connectivity index (χ4n) is 6.17. The van der Waals surface area contributed by atoms with E-state index in [-0.39, 0.29) is 0 Å². The van der Waals surface area contributed by atoms with Gasteiger partial charge in [0.2, 0.25) is 0 Å². The Bertz CT molecular complexity index is 2180. The molecule has 0 unspecified atom stereocenters. The van der Waals surface area contributed by atoms with E-state index in [4.69, 9.17) is 11.6 Å².